The van der Waals surface area contributed by atoms with Crippen molar-refractivity contribution in [1.82, 2.24) is 20.4 Å². The molecule has 2 aromatic heterocycles. The van der Waals surface area contributed by atoms with Crippen molar-refractivity contribution >= 4 is 22.7 Å². The molecule has 2 heterocycles. The highest BCUT2D eigenvalue weighted by Crippen LogP contribution is 2.38. The molecule has 0 atom stereocenters. The Morgan fingerprint density at radius 3 is 1.14 bits per heavy atom. The molecular formula is C12H6F4N4S2. The number of aromatic nitrogens is 4. The van der Waals surface area contributed by atoms with Gasteiger partial charge in [0.2, 0.25) is 0 Å². The summed E-state index contributed by atoms with van der Waals surface area (Å²) in [5, 5.41) is 14.6. The fourth-order valence-electron chi connectivity index (χ4n) is 1.80. The molecule has 22 heavy (non-hydrogen) atoms. The van der Waals surface area contributed by atoms with Crippen LogP contribution < -0.4 is 0 Å². The molecule has 0 aliphatic carbocycles. The Morgan fingerprint density at radius 2 is 0.909 bits per heavy atom. The summed E-state index contributed by atoms with van der Waals surface area (Å²) in [7, 11) is 0. The number of hydrogen-bond donors (Lipinski definition) is 0. The number of hydrogen-bond acceptors (Lipinski definition) is 6. The molecule has 1 aromatic carbocycles. The van der Waals surface area contributed by atoms with Crippen LogP contribution in [0, 0.1) is 37.1 Å². The van der Waals surface area contributed by atoms with Gasteiger partial charge >= 0.3 is 0 Å². The van der Waals surface area contributed by atoms with Crippen LogP contribution in [0.5, 0.6) is 0 Å². The average molecular weight is 346 g/mol. The van der Waals surface area contributed by atoms with E-state index in [-0.39, 0.29) is 10.0 Å². The molecule has 0 saturated heterocycles. The zero-order valence-electron chi connectivity index (χ0n) is 11.1. The molecule has 0 unspecified atom stereocenters. The van der Waals surface area contributed by atoms with Gasteiger partial charge < -0.3 is 0 Å². The zero-order chi connectivity index (χ0) is 16.0. The first-order valence-electron chi connectivity index (χ1n) is 5.87. The van der Waals surface area contributed by atoms with Crippen molar-refractivity contribution < 1.29 is 17.6 Å². The van der Waals surface area contributed by atoms with E-state index in [0.717, 1.165) is 22.7 Å². The van der Waals surface area contributed by atoms with Crippen molar-refractivity contribution in [2.75, 3.05) is 0 Å². The van der Waals surface area contributed by atoms with Gasteiger partial charge in [-0.2, -0.15) is 0 Å². The van der Waals surface area contributed by atoms with Gasteiger partial charge in [0.15, 0.2) is 33.3 Å². The lowest BCUT2D eigenvalue weighted by atomic mass is 10.1. The molecule has 0 aliphatic heterocycles. The summed E-state index contributed by atoms with van der Waals surface area (Å²) < 4.78 is 56.8. The molecule has 0 spiro atoms. The Morgan fingerprint density at radius 1 is 0.591 bits per heavy atom. The van der Waals surface area contributed by atoms with Crippen molar-refractivity contribution in [2.24, 2.45) is 0 Å². The summed E-state index contributed by atoms with van der Waals surface area (Å²) in [4.78, 5) is 0. The summed E-state index contributed by atoms with van der Waals surface area (Å²) in [6.07, 6.45) is 0. The van der Waals surface area contributed by atoms with Crippen LogP contribution in [0.15, 0.2) is 0 Å². The summed E-state index contributed by atoms with van der Waals surface area (Å²) in [5.74, 6) is -6.12. The summed E-state index contributed by atoms with van der Waals surface area (Å²) >= 11 is 1.66. The second kappa shape index (κ2) is 5.36. The molecule has 3 aromatic rings. The van der Waals surface area contributed by atoms with Crippen LogP contribution in [0.3, 0.4) is 0 Å². The highest BCUT2D eigenvalue weighted by Gasteiger charge is 2.30. The van der Waals surface area contributed by atoms with E-state index in [9.17, 15) is 17.6 Å². The first-order valence-corrected chi connectivity index (χ1v) is 7.50. The van der Waals surface area contributed by atoms with Crippen molar-refractivity contribution in [3.05, 3.63) is 33.3 Å². The molecule has 0 radical (unpaired) electrons. The van der Waals surface area contributed by atoms with E-state index < -0.39 is 34.4 Å². The Bertz CT molecular complexity index is 774. The Labute approximate surface area is 129 Å². The summed E-state index contributed by atoms with van der Waals surface area (Å²) in [6.45, 7) is 3.12. The maximum Gasteiger partial charge on any atom is 0.173 e. The third-order valence-electron chi connectivity index (χ3n) is 2.74. The van der Waals surface area contributed by atoms with E-state index in [1.165, 1.54) is 0 Å². The molecule has 0 N–H and O–H groups in total. The molecule has 0 fully saturated rings. The van der Waals surface area contributed by atoms with Crippen LogP contribution in [0.25, 0.3) is 21.1 Å². The highest BCUT2D eigenvalue weighted by molar-refractivity contribution is 7.15. The maximum absolute atomic E-state index is 14.2. The quantitative estimate of drug-likeness (QED) is 0.522. The lowest BCUT2D eigenvalue weighted by Crippen LogP contribution is -2.03. The monoisotopic (exact) mass is 346 g/mol. The van der Waals surface area contributed by atoms with Crippen molar-refractivity contribution in [3.63, 3.8) is 0 Å². The van der Waals surface area contributed by atoms with Crippen LogP contribution >= 0.6 is 22.7 Å². The predicted octanol–water partition coefficient (Wildman–Crippen LogP) is 3.90. The van der Waals surface area contributed by atoms with Gasteiger partial charge in [-0.05, 0) is 13.8 Å². The van der Waals surface area contributed by atoms with Gasteiger partial charge in [-0.25, -0.2) is 17.6 Å². The van der Waals surface area contributed by atoms with E-state index in [0.29, 0.717) is 10.0 Å². The lowest BCUT2D eigenvalue weighted by molar-refractivity contribution is 0.462. The summed E-state index contributed by atoms with van der Waals surface area (Å²) in [5.41, 5.74) is -1.74. The fourth-order valence-corrected chi connectivity index (χ4v) is 3.25. The van der Waals surface area contributed by atoms with Crippen LogP contribution in [0.4, 0.5) is 17.6 Å². The smallest absolute Gasteiger partial charge is 0.173 e. The van der Waals surface area contributed by atoms with E-state index in [2.05, 4.69) is 20.4 Å². The molecular weight excluding hydrogens is 340 g/mol. The molecule has 0 aliphatic rings. The number of halogens is 4. The molecule has 114 valence electrons. The SMILES string of the molecule is Cc1nnc(-c2c(F)c(F)c(-c3nnc(C)s3)c(F)c2F)s1. The minimum Gasteiger partial charge on any atom is -0.203 e. The third-order valence-corrected chi connectivity index (χ3v) is 4.46. The van der Waals surface area contributed by atoms with Crippen molar-refractivity contribution in [3.8, 4) is 21.1 Å². The standard InChI is InChI=1S/C12H6F4N4S2/c1-3-17-19-11(21-3)5-7(13)9(15)6(10(16)8(5)14)12-20-18-4(2)22-12/h1-2H3. The minimum absolute atomic E-state index is 0.231. The van der Waals surface area contributed by atoms with E-state index >= 15 is 0 Å². The number of benzene rings is 1. The van der Waals surface area contributed by atoms with Gasteiger partial charge in [-0.1, -0.05) is 22.7 Å². The second-order valence-electron chi connectivity index (χ2n) is 4.26. The normalized spacial score (nSPS) is 11.2. The number of rotatable bonds is 2. The van der Waals surface area contributed by atoms with Crippen molar-refractivity contribution in [1.29, 1.82) is 0 Å². The third kappa shape index (κ3) is 2.28. The van der Waals surface area contributed by atoms with Gasteiger partial charge in [0.05, 0.1) is 11.1 Å². The van der Waals surface area contributed by atoms with Gasteiger partial charge in [0, 0.05) is 0 Å². The van der Waals surface area contributed by atoms with Gasteiger partial charge in [-0.3, -0.25) is 0 Å². The average Bonchev–Trinajstić information content (AvgIpc) is 3.07. The van der Waals surface area contributed by atoms with Crippen LogP contribution in [0.1, 0.15) is 10.0 Å². The van der Waals surface area contributed by atoms with Gasteiger partial charge in [-0.15, -0.1) is 20.4 Å². The molecule has 0 bridgehead atoms. The highest BCUT2D eigenvalue weighted by atomic mass is 32.1. The number of nitrogens with zero attached hydrogens (tertiary/aromatic N) is 4. The van der Waals surface area contributed by atoms with E-state index in [4.69, 9.17) is 0 Å². The first-order chi connectivity index (χ1) is 10.4. The fraction of sp³-hybridized carbons (Fsp3) is 0.167. The van der Waals surface area contributed by atoms with Crippen LogP contribution in [-0.4, -0.2) is 20.4 Å². The Hall–Kier alpha value is -1.94. The van der Waals surface area contributed by atoms with Gasteiger partial charge in [0.1, 0.15) is 10.0 Å². The van der Waals surface area contributed by atoms with Crippen LogP contribution in [0.2, 0.25) is 0 Å². The molecule has 3 rings (SSSR count). The molecule has 4 nitrogen and oxygen atoms in total. The zero-order valence-corrected chi connectivity index (χ0v) is 12.8. The second-order valence-corrected chi connectivity index (χ2v) is 6.62. The minimum atomic E-state index is -1.53. The number of aryl methyl sites for hydroxylation is 2. The summed E-state index contributed by atoms with van der Waals surface area (Å²) in [6, 6.07) is 0. The van der Waals surface area contributed by atoms with Crippen molar-refractivity contribution in [2.45, 2.75) is 13.8 Å². The Kier molecular flexibility index (Phi) is 3.65. The topological polar surface area (TPSA) is 51.6 Å². The van der Waals surface area contributed by atoms with E-state index in [1.807, 2.05) is 0 Å². The molecule has 0 saturated carbocycles. The largest absolute Gasteiger partial charge is 0.203 e. The van der Waals surface area contributed by atoms with Gasteiger partial charge in [0.25, 0.3) is 0 Å². The lowest BCUT2D eigenvalue weighted by Gasteiger charge is -2.08. The first kappa shape index (κ1) is 15.0. The maximum atomic E-state index is 14.2. The predicted molar refractivity (Wildman–Crippen MR) is 73.6 cm³/mol. The Balaban J connectivity index is 2.29. The van der Waals surface area contributed by atoms with Crippen LogP contribution in [-0.2, 0) is 0 Å². The molecule has 0 amide bonds. The molecule has 10 heteroatoms. The van der Waals surface area contributed by atoms with E-state index in [1.54, 1.807) is 13.8 Å².